The first-order valence-corrected chi connectivity index (χ1v) is 9.94. The molecule has 1 aliphatic carbocycles. The molecule has 2 aliphatic rings. The average Bonchev–Trinajstić information content (AvgIpc) is 3.06. The van der Waals surface area contributed by atoms with Gasteiger partial charge < -0.3 is 14.9 Å². The van der Waals surface area contributed by atoms with Crippen LogP contribution in [0.5, 0.6) is 5.75 Å². The highest BCUT2D eigenvalue weighted by Crippen LogP contribution is 2.25. The zero-order chi connectivity index (χ0) is 18.5. The zero-order valence-electron chi connectivity index (χ0n) is 15.7. The third-order valence-electron chi connectivity index (χ3n) is 5.74. The number of carbonyl (C=O) groups is 2. The van der Waals surface area contributed by atoms with Crippen molar-refractivity contribution in [2.75, 3.05) is 26.2 Å². The van der Waals surface area contributed by atoms with Gasteiger partial charge in [-0.25, -0.2) is 0 Å². The van der Waals surface area contributed by atoms with E-state index in [2.05, 4.69) is 0 Å². The number of aromatic hydroxyl groups is 1. The van der Waals surface area contributed by atoms with E-state index in [1.54, 1.807) is 25.1 Å². The monoisotopic (exact) mass is 358 g/mol. The largest absolute Gasteiger partial charge is 0.508 e. The Labute approximate surface area is 156 Å². The molecule has 1 heterocycles. The summed E-state index contributed by atoms with van der Waals surface area (Å²) in [5, 5.41) is 9.65. The molecule has 1 saturated carbocycles. The lowest BCUT2D eigenvalue weighted by molar-refractivity contribution is -0.135. The molecule has 0 radical (unpaired) electrons. The first kappa shape index (κ1) is 18.7. The van der Waals surface area contributed by atoms with Gasteiger partial charge in [0.15, 0.2) is 0 Å². The number of benzene rings is 1. The second-order valence-electron chi connectivity index (χ2n) is 7.66. The lowest BCUT2D eigenvalue weighted by atomic mass is 9.98. The lowest BCUT2D eigenvalue weighted by Gasteiger charge is -2.26. The molecule has 1 saturated heterocycles. The van der Waals surface area contributed by atoms with E-state index in [9.17, 15) is 14.7 Å². The molecule has 0 unspecified atom stereocenters. The molecule has 1 aromatic carbocycles. The maximum atomic E-state index is 12.9. The molecule has 0 bridgehead atoms. The van der Waals surface area contributed by atoms with Gasteiger partial charge in [0, 0.05) is 37.7 Å². The van der Waals surface area contributed by atoms with Gasteiger partial charge in [-0.1, -0.05) is 25.7 Å². The molecule has 1 aromatic rings. The summed E-state index contributed by atoms with van der Waals surface area (Å²) < 4.78 is 0. The van der Waals surface area contributed by atoms with Crippen LogP contribution >= 0.6 is 0 Å². The smallest absolute Gasteiger partial charge is 0.253 e. The number of aryl methyl sites for hydroxylation is 1. The van der Waals surface area contributed by atoms with Gasteiger partial charge in [0.05, 0.1) is 0 Å². The second-order valence-corrected chi connectivity index (χ2v) is 7.66. The van der Waals surface area contributed by atoms with Crippen LogP contribution in [0.1, 0.15) is 60.9 Å². The molecule has 3 rings (SSSR count). The predicted octanol–water partition coefficient (Wildman–Crippen LogP) is 3.35. The fourth-order valence-corrected chi connectivity index (χ4v) is 4.10. The van der Waals surface area contributed by atoms with Crippen molar-refractivity contribution in [3.05, 3.63) is 29.3 Å². The number of hydrogen-bond donors (Lipinski definition) is 1. The third kappa shape index (κ3) is 4.37. The molecule has 2 fully saturated rings. The van der Waals surface area contributed by atoms with E-state index in [1.807, 2.05) is 9.80 Å². The summed E-state index contributed by atoms with van der Waals surface area (Å²) in [6, 6.07) is 4.98. The normalized spacial score (nSPS) is 19.7. The van der Waals surface area contributed by atoms with Crippen molar-refractivity contribution in [1.82, 2.24) is 9.80 Å². The Kier molecular flexibility index (Phi) is 6.17. The van der Waals surface area contributed by atoms with E-state index in [0.29, 0.717) is 36.7 Å². The van der Waals surface area contributed by atoms with Crippen molar-refractivity contribution in [2.45, 2.75) is 51.9 Å². The molecule has 26 heavy (non-hydrogen) atoms. The fourth-order valence-electron chi connectivity index (χ4n) is 4.10. The van der Waals surface area contributed by atoms with Gasteiger partial charge in [-0.05, 0) is 49.9 Å². The number of hydrogen-bond acceptors (Lipinski definition) is 3. The number of phenols is 1. The number of amides is 2. The van der Waals surface area contributed by atoms with Crippen LogP contribution in [-0.4, -0.2) is 52.9 Å². The standard InChI is InChI=1S/C21H30N2O3/c1-16-15-18(9-10-19(16)24)21(26)23-12-6-11-22(13-14-23)20(25)17-7-4-2-3-5-8-17/h9-10,15,17,24H,2-8,11-14H2,1H3. The van der Waals surface area contributed by atoms with E-state index in [4.69, 9.17) is 0 Å². The van der Waals surface area contributed by atoms with Crippen LogP contribution in [0.15, 0.2) is 18.2 Å². The molecule has 1 N–H and O–H groups in total. The SMILES string of the molecule is Cc1cc(C(=O)N2CCCN(C(=O)C3CCCCCC3)CC2)ccc1O. The van der Waals surface area contributed by atoms with Crippen molar-refractivity contribution in [1.29, 1.82) is 0 Å². The number of nitrogens with zero attached hydrogens (tertiary/aromatic N) is 2. The van der Waals surface area contributed by atoms with Crippen molar-refractivity contribution < 1.29 is 14.7 Å². The van der Waals surface area contributed by atoms with Crippen LogP contribution in [0.4, 0.5) is 0 Å². The minimum Gasteiger partial charge on any atom is -0.508 e. The van der Waals surface area contributed by atoms with Crippen LogP contribution in [0.3, 0.4) is 0 Å². The Morgan fingerprint density at radius 1 is 0.923 bits per heavy atom. The summed E-state index contributed by atoms with van der Waals surface area (Å²) >= 11 is 0. The van der Waals surface area contributed by atoms with Gasteiger partial charge >= 0.3 is 0 Å². The maximum Gasteiger partial charge on any atom is 0.253 e. The Hall–Kier alpha value is -2.04. The van der Waals surface area contributed by atoms with Crippen molar-refractivity contribution in [3.8, 4) is 5.75 Å². The van der Waals surface area contributed by atoms with E-state index in [0.717, 1.165) is 38.6 Å². The zero-order valence-corrected chi connectivity index (χ0v) is 15.7. The Morgan fingerprint density at radius 2 is 1.58 bits per heavy atom. The fraction of sp³-hybridized carbons (Fsp3) is 0.619. The van der Waals surface area contributed by atoms with Gasteiger partial charge in [0.2, 0.25) is 5.91 Å². The second kappa shape index (κ2) is 8.56. The highest BCUT2D eigenvalue weighted by Gasteiger charge is 2.28. The molecule has 0 aromatic heterocycles. The minimum atomic E-state index is -0.0168. The van der Waals surface area contributed by atoms with E-state index >= 15 is 0 Å². The first-order chi connectivity index (χ1) is 12.6. The van der Waals surface area contributed by atoms with Gasteiger partial charge in [0.25, 0.3) is 5.91 Å². The summed E-state index contributed by atoms with van der Waals surface area (Å²) in [6.07, 6.45) is 7.68. The molecule has 2 amide bonds. The lowest BCUT2D eigenvalue weighted by Crippen LogP contribution is -2.40. The van der Waals surface area contributed by atoms with Gasteiger partial charge in [0.1, 0.15) is 5.75 Å². The predicted molar refractivity (Wildman–Crippen MR) is 101 cm³/mol. The Morgan fingerprint density at radius 3 is 2.27 bits per heavy atom. The molecule has 142 valence electrons. The maximum absolute atomic E-state index is 12.9. The van der Waals surface area contributed by atoms with Crippen LogP contribution in [0.25, 0.3) is 0 Å². The van der Waals surface area contributed by atoms with Crippen LogP contribution in [0, 0.1) is 12.8 Å². The minimum absolute atomic E-state index is 0.0168. The Balaban J connectivity index is 1.61. The van der Waals surface area contributed by atoms with Crippen molar-refractivity contribution in [3.63, 3.8) is 0 Å². The van der Waals surface area contributed by atoms with Gasteiger partial charge in [-0.15, -0.1) is 0 Å². The molecular formula is C21H30N2O3. The van der Waals surface area contributed by atoms with Crippen LogP contribution in [0.2, 0.25) is 0 Å². The first-order valence-electron chi connectivity index (χ1n) is 9.94. The summed E-state index contributed by atoms with van der Waals surface area (Å²) in [6.45, 7) is 4.41. The quantitative estimate of drug-likeness (QED) is 0.825. The van der Waals surface area contributed by atoms with Gasteiger partial charge in [-0.3, -0.25) is 9.59 Å². The molecule has 0 atom stereocenters. The van der Waals surface area contributed by atoms with Crippen molar-refractivity contribution >= 4 is 11.8 Å². The number of phenolic OH excluding ortho intramolecular Hbond substituents is 1. The van der Waals surface area contributed by atoms with E-state index in [-0.39, 0.29) is 17.6 Å². The number of rotatable bonds is 2. The molecule has 5 heteroatoms. The molecule has 1 aliphatic heterocycles. The highest BCUT2D eigenvalue weighted by molar-refractivity contribution is 5.94. The third-order valence-corrected chi connectivity index (χ3v) is 5.74. The summed E-state index contributed by atoms with van der Waals surface area (Å²) in [5.41, 5.74) is 1.31. The van der Waals surface area contributed by atoms with Crippen LogP contribution < -0.4 is 0 Å². The summed E-state index contributed by atoms with van der Waals surface area (Å²) in [5.74, 6) is 0.663. The van der Waals surface area contributed by atoms with E-state index < -0.39 is 0 Å². The van der Waals surface area contributed by atoms with Crippen molar-refractivity contribution in [2.24, 2.45) is 5.92 Å². The Bertz CT molecular complexity index is 651. The summed E-state index contributed by atoms with van der Waals surface area (Å²) in [4.78, 5) is 29.5. The topological polar surface area (TPSA) is 60.9 Å². The van der Waals surface area contributed by atoms with Crippen LogP contribution in [-0.2, 0) is 4.79 Å². The average molecular weight is 358 g/mol. The van der Waals surface area contributed by atoms with E-state index in [1.165, 1.54) is 12.8 Å². The molecule has 0 spiro atoms. The van der Waals surface area contributed by atoms with Gasteiger partial charge in [-0.2, -0.15) is 0 Å². The number of carbonyl (C=O) groups excluding carboxylic acids is 2. The molecule has 5 nitrogen and oxygen atoms in total. The summed E-state index contributed by atoms with van der Waals surface area (Å²) in [7, 11) is 0. The molecular weight excluding hydrogens is 328 g/mol. The highest BCUT2D eigenvalue weighted by atomic mass is 16.3.